The minimum Gasteiger partial charge on any atom is -0.465 e. The van der Waals surface area contributed by atoms with Gasteiger partial charge in [-0.25, -0.2) is 4.79 Å². The van der Waals surface area contributed by atoms with Gasteiger partial charge in [0, 0.05) is 6.54 Å². The first-order valence-corrected chi connectivity index (χ1v) is 6.63. The number of rotatable bonds is 8. The van der Waals surface area contributed by atoms with Gasteiger partial charge in [0.25, 0.3) is 6.47 Å². The van der Waals surface area contributed by atoms with Crippen LogP contribution >= 0.6 is 7.60 Å². The average molecular weight is 298 g/mol. The SMILES string of the molecule is NC(N)=NC(=O)NC[C@@H](COC=O)OCP(=O)(O)O. The lowest BCUT2D eigenvalue weighted by Crippen LogP contribution is -2.36. The second-order valence-electron chi connectivity index (χ2n) is 3.23. The molecule has 0 rings (SSSR count). The Morgan fingerprint density at radius 1 is 1.47 bits per heavy atom. The molecule has 0 spiro atoms. The summed E-state index contributed by atoms with van der Waals surface area (Å²) in [7, 11) is -4.37. The number of hydrogen-bond acceptors (Lipinski definition) is 5. The molecule has 12 heteroatoms. The molecular weight excluding hydrogens is 283 g/mol. The smallest absolute Gasteiger partial charge is 0.350 e. The fourth-order valence-electron chi connectivity index (χ4n) is 0.873. The molecule has 0 aliphatic carbocycles. The van der Waals surface area contributed by atoms with Crippen molar-refractivity contribution in [3.8, 4) is 0 Å². The summed E-state index contributed by atoms with van der Waals surface area (Å²) in [4.78, 5) is 41.5. The number of carbonyl (C=O) groups is 2. The van der Waals surface area contributed by atoms with E-state index in [0.29, 0.717) is 0 Å². The molecule has 0 aliphatic rings. The number of nitrogens with two attached hydrogens (primary N) is 2. The molecule has 1 atom stereocenters. The van der Waals surface area contributed by atoms with Gasteiger partial charge in [-0.15, -0.1) is 0 Å². The monoisotopic (exact) mass is 298 g/mol. The number of nitrogens with one attached hydrogen (secondary N) is 1. The van der Waals surface area contributed by atoms with Crippen LogP contribution in [0.4, 0.5) is 4.79 Å². The minimum absolute atomic E-state index is 0.131. The van der Waals surface area contributed by atoms with Gasteiger partial charge in [0.15, 0.2) is 5.96 Å². The van der Waals surface area contributed by atoms with Gasteiger partial charge in [-0.1, -0.05) is 0 Å². The summed E-state index contributed by atoms with van der Waals surface area (Å²) in [5.74, 6) is -0.450. The molecule has 0 aliphatic heterocycles. The van der Waals surface area contributed by atoms with E-state index < -0.39 is 32.0 Å². The van der Waals surface area contributed by atoms with Crippen LogP contribution in [0.1, 0.15) is 0 Å². The second-order valence-corrected chi connectivity index (χ2v) is 4.82. The Morgan fingerprint density at radius 2 is 2.11 bits per heavy atom. The Kier molecular flexibility index (Phi) is 7.68. The Labute approximate surface area is 108 Å². The average Bonchev–Trinajstić information content (AvgIpc) is 2.25. The van der Waals surface area contributed by atoms with Crippen molar-refractivity contribution < 1.29 is 33.4 Å². The fourth-order valence-corrected chi connectivity index (χ4v) is 1.28. The largest absolute Gasteiger partial charge is 0.465 e. The number of nitrogens with zero attached hydrogens (tertiary/aromatic N) is 1. The molecule has 0 radical (unpaired) electrons. The maximum Gasteiger partial charge on any atom is 0.350 e. The molecule has 110 valence electrons. The van der Waals surface area contributed by atoms with Crippen molar-refractivity contribution in [3.05, 3.63) is 0 Å². The Bertz CT molecular complexity index is 378. The van der Waals surface area contributed by atoms with Crippen LogP contribution in [-0.4, -0.2) is 53.9 Å². The summed E-state index contributed by atoms with van der Waals surface area (Å²) in [5.41, 5.74) is 9.91. The van der Waals surface area contributed by atoms with E-state index in [4.69, 9.17) is 26.0 Å². The van der Waals surface area contributed by atoms with E-state index in [1.165, 1.54) is 0 Å². The molecule has 0 fully saturated rings. The lowest BCUT2D eigenvalue weighted by molar-refractivity contribution is -0.132. The van der Waals surface area contributed by atoms with Crippen molar-refractivity contribution >= 4 is 26.1 Å². The highest BCUT2D eigenvalue weighted by Gasteiger charge is 2.19. The third-order valence-electron chi connectivity index (χ3n) is 1.54. The highest BCUT2D eigenvalue weighted by atomic mass is 31.2. The van der Waals surface area contributed by atoms with Crippen molar-refractivity contribution in [3.63, 3.8) is 0 Å². The van der Waals surface area contributed by atoms with Gasteiger partial charge in [-0.3, -0.25) is 9.36 Å². The number of hydrogen-bond donors (Lipinski definition) is 5. The van der Waals surface area contributed by atoms with Crippen molar-refractivity contribution in [2.75, 3.05) is 19.5 Å². The summed E-state index contributed by atoms with van der Waals surface area (Å²) < 4.78 is 19.8. The first-order valence-electron chi connectivity index (χ1n) is 4.83. The van der Waals surface area contributed by atoms with Crippen LogP contribution in [0.15, 0.2) is 4.99 Å². The fraction of sp³-hybridized carbons (Fsp3) is 0.571. The van der Waals surface area contributed by atoms with Gasteiger partial charge in [-0.2, -0.15) is 4.99 Å². The molecule has 0 saturated heterocycles. The lowest BCUT2D eigenvalue weighted by atomic mass is 10.4. The lowest BCUT2D eigenvalue weighted by Gasteiger charge is -2.17. The normalized spacial score (nSPS) is 12.3. The van der Waals surface area contributed by atoms with Crippen LogP contribution in [0.5, 0.6) is 0 Å². The molecule has 0 bridgehead atoms. The van der Waals surface area contributed by atoms with Crippen LogP contribution in [0, 0.1) is 0 Å². The standard InChI is InChI=1S/C7H15N4O7P/c8-6(9)11-7(13)10-1-5(2-17-3-12)18-4-19(14,15)16/h3,5H,1-2,4H2,(H2,14,15,16)(H5,8,9,10,11,13)/t5-/m0/s1. The molecule has 2 amide bonds. The number of carbonyl (C=O) groups excluding carboxylic acids is 2. The van der Waals surface area contributed by atoms with Gasteiger partial charge in [0.2, 0.25) is 0 Å². The molecule has 0 aromatic rings. The summed E-state index contributed by atoms with van der Waals surface area (Å²) >= 11 is 0. The summed E-state index contributed by atoms with van der Waals surface area (Å²) in [5, 5.41) is 2.20. The molecule has 19 heavy (non-hydrogen) atoms. The minimum atomic E-state index is -4.37. The van der Waals surface area contributed by atoms with E-state index in [9.17, 15) is 14.2 Å². The van der Waals surface area contributed by atoms with E-state index in [1.807, 2.05) is 0 Å². The quantitative estimate of drug-likeness (QED) is 0.142. The van der Waals surface area contributed by atoms with Gasteiger partial charge >= 0.3 is 13.6 Å². The molecule has 7 N–H and O–H groups in total. The number of guanidine groups is 1. The predicted octanol–water partition coefficient (Wildman–Crippen LogP) is -2.34. The molecular formula is C7H15N4O7P. The van der Waals surface area contributed by atoms with E-state index in [1.54, 1.807) is 0 Å². The van der Waals surface area contributed by atoms with Gasteiger partial charge < -0.3 is 36.0 Å². The maximum atomic E-state index is 11.1. The predicted molar refractivity (Wildman–Crippen MR) is 63.0 cm³/mol. The summed E-state index contributed by atoms with van der Waals surface area (Å²) in [6, 6.07) is -0.865. The van der Waals surface area contributed by atoms with Crippen LogP contribution in [0.2, 0.25) is 0 Å². The number of amides is 2. The van der Waals surface area contributed by atoms with E-state index in [2.05, 4.69) is 15.0 Å². The zero-order chi connectivity index (χ0) is 14.9. The second kappa shape index (κ2) is 8.43. The van der Waals surface area contributed by atoms with Crippen molar-refractivity contribution in [1.82, 2.24) is 5.32 Å². The topological polar surface area (TPSA) is 187 Å². The van der Waals surface area contributed by atoms with Gasteiger partial charge in [-0.05, 0) is 0 Å². The third-order valence-corrected chi connectivity index (χ3v) is 2.03. The van der Waals surface area contributed by atoms with Crippen molar-refractivity contribution in [1.29, 1.82) is 0 Å². The molecule has 11 nitrogen and oxygen atoms in total. The van der Waals surface area contributed by atoms with Crippen LogP contribution in [0.25, 0.3) is 0 Å². The third kappa shape index (κ3) is 11.2. The summed E-state index contributed by atoms with van der Waals surface area (Å²) in [6.45, 7) is -0.374. The van der Waals surface area contributed by atoms with Crippen molar-refractivity contribution in [2.24, 2.45) is 16.5 Å². The molecule has 0 aromatic heterocycles. The van der Waals surface area contributed by atoms with E-state index in [-0.39, 0.29) is 19.6 Å². The van der Waals surface area contributed by atoms with Gasteiger partial charge in [0.05, 0.1) is 0 Å². The van der Waals surface area contributed by atoms with E-state index >= 15 is 0 Å². The first kappa shape index (κ1) is 17.3. The first-order chi connectivity index (χ1) is 8.74. The van der Waals surface area contributed by atoms with Gasteiger partial charge in [0.1, 0.15) is 19.1 Å². The number of urea groups is 1. The number of ether oxygens (including phenoxy) is 2. The molecule has 0 unspecified atom stereocenters. The molecule has 0 saturated carbocycles. The Balaban J connectivity index is 4.27. The van der Waals surface area contributed by atoms with Crippen LogP contribution in [-0.2, 0) is 18.8 Å². The zero-order valence-electron chi connectivity index (χ0n) is 9.76. The molecule has 0 aromatic carbocycles. The van der Waals surface area contributed by atoms with Crippen LogP contribution < -0.4 is 16.8 Å². The zero-order valence-corrected chi connectivity index (χ0v) is 10.7. The molecule has 0 heterocycles. The highest BCUT2D eigenvalue weighted by molar-refractivity contribution is 7.51. The maximum absolute atomic E-state index is 11.1. The Morgan fingerprint density at radius 3 is 2.58 bits per heavy atom. The number of aliphatic imine (C=N–C) groups is 1. The highest BCUT2D eigenvalue weighted by Crippen LogP contribution is 2.34. The van der Waals surface area contributed by atoms with Crippen molar-refractivity contribution in [2.45, 2.75) is 6.10 Å². The Hall–Kier alpha value is -1.68. The van der Waals surface area contributed by atoms with E-state index in [0.717, 1.165) is 0 Å². The summed E-state index contributed by atoms with van der Waals surface area (Å²) in [6.07, 6.45) is -1.83. The van der Waals surface area contributed by atoms with Crippen LogP contribution in [0.3, 0.4) is 0 Å².